The summed E-state index contributed by atoms with van der Waals surface area (Å²) in [6.45, 7) is 2.76. The van der Waals surface area contributed by atoms with Gasteiger partial charge in [-0.15, -0.1) is 0 Å². The molecule has 0 aromatic carbocycles. The lowest BCUT2D eigenvalue weighted by Crippen LogP contribution is -2.34. The number of hydrogen-bond acceptors (Lipinski definition) is 3. The zero-order chi connectivity index (χ0) is 10.7. The standard InChI is InChI=1S/C9H15N3O2S/c13-15(14,9-2-4-11-8-9)12-6-1-3-10-5-7-12/h2,4,8,10-11H,1,3,5-7H2. The molecular formula is C9H15N3O2S. The molecular weight excluding hydrogens is 214 g/mol. The lowest BCUT2D eigenvalue weighted by atomic mass is 10.4. The summed E-state index contributed by atoms with van der Waals surface area (Å²) in [5.41, 5.74) is 0. The molecule has 0 radical (unpaired) electrons. The van der Waals surface area contributed by atoms with Gasteiger partial charge in [0.15, 0.2) is 0 Å². The lowest BCUT2D eigenvalue weighted by Gasteiger charge is -2.18. The van der Waals surface area contributed by atoms with Gasteiger partial charge < -0.3 is 10.3 Å². The Balaban J connectivity index is 2.21. The van der Waals surface area contributed by atoms with Crippen molar-refractivity contribution < 1.29 is 8.42 Å². The van der Waals surface area contributed by atoms with E-state index in [0.717, 1.165) is 19.5 Å². The Kier molecular flexibility index (Phi) is 3.08. The van der Waals surface area contributed by atoms with E-state index in [1.165, 1.54) is 10.5 Å². The van der Waals surface area contributed by atoms with E-state index in [2.05, 4.69) is 10.3 Å². The van der Waals surface area contributed by atoms with Crippen LogP contribution in [0.3, 0.4) is 0 Å². The highest BCUT2D eigenvalue weighted by molar-refractivity contribution is 7.89. The van der Waals surface area contributed by atoms with E-state index in [1.54, 1.807) is 12.3 Å². The average molecular weight is 229 g/mol. The Bertz CT molecular complexity index is 391. The first-order valence-corrected chi connectivity index (χ1v) is 6.49. The Morgan fingerprint density at radius 1 is 1.27 bits per heavy atom. The third kappa shape index (κ3) is 2.22. The van der Waals surface area contributed by atoms with Gasteiger partial charge in [0, 0.05) is 32.0 Å². The quantitative estimate of drug-likeness (QED) is 0.750. The molecule has 5 nitrogen and oxygen atoms in total. The van der Waals surface area contributed by atoms with Crippen LogP contribution in [0.2, 0.25) is 0 Å². The van der Waals surface area contributed by atoms with Crippen LogP contribution in [0, 0.1) is 0 Å². The number of aromatic amines is 1. The third-order valence-corrected chi connectivity index (χ3v) is 4.40. The van der Waals surface area contributed by atoms with Crippen molar-refractivity contribution in [1.82, 2.24) is 14.6 Å². The first-order valence-electron chi connectivity index (χ1n) is 5.05. The molecule has 84 valence electrons. The van der Waals surface area contributed by atoms with Crippen molar-refractivity contribution in [2.45, 2.75) is 11.3 Å². The minimum atomic E-state index is -3.28. The predicted octanol–water partition coefficient (Wildman–Crippen LogP) is -0.00130. The third-order valence-electron chi connectivity index (χ3n) is 2.51. The number of nitrogens with one attached hydrogen (secondary N) is 2. The maximum Gasteiger partial charge on any atom is 0.244 e. The summed E-state index contributed by atoms with van der Waals surface area (Å²) in [6, 6.07) is 1.59. The molecule has 15 heavy (non-hydrogen) atoms. The predicted molar refractivity (Wildman–Crippen MR) is 57.0 cm³/mol. The molecule has 1 aromatic heterocycles. The summed E-state index contributed by atoms with van der Waals surface area (Å²) in [7, 11) is -3.28. The van der Waals surface area contributed by atoms with Gasteiger partial charge in [-0.25, -0.2) is 8.42 Å². The fraction of sp³-hybridized carbons (Fsp3) is 0.556. The molecule has 2 rings (SSSR count). The first-order chi connectivity index (χ1) is 7.21. The van der Waals surface area contributed by atoms with Crippen molar-refractivity contribution in [3.8, 4) is 0 Å². The fourth-order valence-corrected chi connectivity index (χ4v) is 3.14. The van der Waals surface area contributed by atoms with Crippen LogP contribution in [0.1, 0.15) is 6.42 Å². The van der Waals surface area contributed by atoms with E-state index in [9.17, 15) is 8.42 Å². The van der Waals surface area contributed by atoms with Crippen molar-refractivity contribution in [1.29, 1.82) is 0 Å². The van der Waals surface area contributed by atoms with Gasteiger partial charge in [-0.05, 0) is 19.0 Å². The van der Waals surface area contributed by atoms with E-state index >= 15 is 0 Å². The Morgan fingerprint density at radius 3 is 2.87 bits per heavy atom. The highest BCUT2D eigenvalue weighted by Gasteiger charge is 2.24. The molecule has 1 fully saturated rings. The van der Waals surface area contributed by atoms with Gasteiger partial charge in [0.05, 0.1) is 4.90 Å². The van der Waals surface area contributed by atoms with Gasteiger partial charge in [0.1, 0.15) is 0 Å². The van der Waals surface area contributed by atoms with Gasteiger partial charge in [-0.1, -0.05) is 0 Å². The van der Waals surface area contributed by atoms with Gasteiger partial charge >= 0.3 is 0 Å². The number of rotatable bonds is 2. The van der Waals surface area contributed by atoms with E-state index in [1.807, 2.05) is 0 Å². The molecule has 0 amide bonds. The minimum Gasteiger partial charge on any atom is -0.366 e. The highest BCUT2D eigenvalue weighted by Crippen LogP contribution is 2.15. The number of sulfonamides is 1. The van der Waals surface area contributed by atoms with Crippen LogP contribution in [0.5, 0.6) is 0 Å². The van der Waals surface area contributed by atoms with Crippen molar-refractivity contribution >= 4 is 10.0 Å². The molecule has 6 heteroatoms. The Morgan fingerprint density at radius 2 is 2.13 bits per heavy atom. The van der Waals surface area contributed by atoms with E-state index in [0.29, 0.717) is 18.0 Å². The van der Waals surface area contributed by atoms with E-state index in [4.69, 9.17) is 0 Å². The van der Waals surface area contributed by atoms with E-state index in [-0.39, 0.29) is 0 Å². The largest absolute Gasteiger partial charge is 0.366 e. The van der Waals surface area contributed by atoms with Gasteiger partial charge in [-0.3, -0.25) is 0 Å². The second-order valence-corrected chi connectivity index (χ2v) is 5.49. The minimum absolute atomic E-state index is 0.351. The van der Waals surface area contributed by atoms with Crippen LogP contribution in [0.4, 0.5) is 0 Å². The zero-order valence-electron chi connectivity index (χ0n) is 8.44. The molecule has 0 saturated carbocycles. The average Bonchev–Trinajstić information content (AvgIpc) is 2.61. The molecule has 2 heterocycles. The lowest BCUT2D eigenvalue weighted by molar-refractivity contribution is 0.432. The maximum absolute atomic E-state index is 12.1. The number of H-pyrrole nitrogens is 1. The van der Waals surface area contributed by atoms with Crippen molar-refractivity contribution in [3.63, 3.8) is 0 Å². The smallest absolute Gasteiger partial charge is 0.244 e. The monoisotopic (exact) mass is 229 g/mol. The molecule has 0 aliphatic carbocycles. The molecule has 1 aliphatic heterocycles. The van der Waals surface area contributed by atoms with Gasteiger partial charge in [0.25, 0.3) is 0 Å². The highest BCUT2D eigenvalue weighted by atomic mass is 32.2. The summed E-state index contributed by atoms with van der Waals surface area (Å²) in [5, 5.41) is 3.18. The number of hydrogen-bond donors (Lipinski definition) is 2. The second kappa shape index (κ2) is 4.34. The Hall–Kier alpha value is -0.850. The fourth-order valence-electron chi connectivity index (χ4n) is 1.68. The summed E-state index contributed by atoms with van der Waals surface area (Å²) in [6.07, 6.45) is 4.01. The normalized spacial score (nSPS) is 20.0. The van der Waals surface area contributed by atoms with Crippen molar-refractivity contribution in [2.24, 2.45) is 0 Å². The SMILES string of the molecule is O=S(=O)(c1cc[nH]c1)N1CCCNCC1. The first kappa shape index (κ1) is 10.7. The zero-order valence-corrected chi connectivity index (χ0v) is 9.26. The van der Waals surface area contributed by atoms with Crippen LogP contribution in [-0.4, -0.2) is 43.9 Å². The summed E-state index contributed by atoms with van der Waals surface area (Å²) in [5.74, 6) is 0. The van der Waals surface area contributed by atoms with Crippen molar-refractivity contribution in [2.75, 3.05) is 26.2 Å². The Labute approximate surface area is 89.5 Å². The second-order valence-electron chi connectivity index (χ2n) is 3.55. The maximum atomic E-state index is 12.1. The molecule has 1 aromatic rings. The molecule has 1 aliphatic rings. The summed E-state index contributed by atoms with van der Waals surface area (Å²) in [4.78, 5) is 3.12. The number of nitrogens with zero attached hydrogens (tertiary/aromatic N) is 1. The molecule has 0 spiro atoms. The van der Waals surface area contributed by atoms with Crippen LogP contribution in [0.15, 0.2) is 23.4 Å². The molecule has 2 N–H and O–H groups in total. The van der Waals surface area contributed by atoms with Crippen LogP contribution in [-0.2, 0) is 10.0 Å². The molecule has 1 saturated heterocycles. The van der Waals surface area contributed by atoms with Gasteiger partial charge in [0.2, 0.25) is 10.0 Å². The van der Waals surface area contributed by atoms with E-state index < -0.39 is 10.0 Å². The summed E-state index contributed by atoms with van der Waals surface area (Å²) >= 11 is 0. The topological polar surface area (TPSA) is 65.2 Å². The van der Waals surface area contributed by atoms with Crippen LogP contribution in [0.25, 0.3) is 0 Å². The molecule has 0 unspecified atom stereocenters. The summed E-state index contributed by atoms with van der Waals surface area (Å²) < 4.78 is 25.7. The van der Waals surface area contributed by atoms with Crippen LogP contribution < -0.4 is 5.32 Å². The van der Waals surface area contributed by atoms with Gasteiger partial charge in [-0.2, -0.15) is 4.31 Å². The molecule has 0 bridgehead atoms. The number of aromatic nitrogens is 1. The van der Waals surface area contributed by atoms with Crippen LogP contribution >= 0.6 is 0 Å². The van der Waals surface area contributed by atoms with Crippen molar-refractivity contribution in [3.05, 3.63) is 18.5 Å². The molecule has 0 atom stereocenters.